The van der Waals surface area contributed by atoms with E-state index in [2.05, 4.69) is 4.98 Å². The summed E-state index contributed by atoms with van der Waals surface area (Å²) in [5.74, 6) is 0.205. The highest BCUT2D eigenvalue weighted by atomic mass is 32.2. The second kappa shape index (κ2) is 7.36. The molecule has 0 aliphatic heterocycles. The minimum absolute atomic E-state index is 0.120. The van der Waals surface area contributed by atoms with Gasteiger partial charge in [-0.1, -0.05) is 19.9 Å². The third-order valence-electron chi connectivity index (χ3n) is 1.52. The van der Waals surface area contributed by atoms with E-state index in [4.69, 9.17) is 4.55 Å². The van der Waals surface area contributed by atoms with Crippen molar-refractivity contribution in [1.29, 1.82) is 0 Å². The quantitative estimate of drug-likeness (QED) is 0.808. The topological polar surface area (TPSA) is 67.3 Å². The van der Waals surface area contributed by atoms with Crippen molar-refractivity contribution in [1.82, 2.24) is 4.98 Å². The van der Waals surface area contributed by atoms with Gasteiger partial charge in [-0.05, 0) is 24.5 Å². The van der Waals surface area contributed by atoms with Gasteiger partial charge >= 0.3 is 0 Å². The summed E-state index contributed by atoms with van der Waals surface area (Å²) in [6.45, 7) is 3.82. The zero-order chi connectivity index (χ0) is 11.7. The van der Waals surface area contributed by atoms with Gasteiger partial charge in [0.1, 0.15) is 0 Å². The number of nitrogens with zero attached hydrogens (tertiary/aromatic N) is 1. The summed E-state index contributed by atoms with van der Waals surface area (Å²) >= 11 is 0. The summed E-state index contributed by atoms with van der Waals surface area (Å²) in [6.07, 6.45) is 4.03. The van der Waals surface area contributed by atoms with E-state index in [-0.39, 0.29) is 5.75 Å². The summed E-state index contributed by atoms with van der Waals surface area (Å²) in [4.78, 5) is 3.78. The molecule has 0 aromatic carbocycles. The molecule has 0 aliphatic rings. The number of pyridine rings is 1. The SMILES string of the molecule is CC(C)CCS(=O)(=O)O.c1ccncc1. The van der Waals surface area contributed by atoms with Crippen LogP contribution in [0.2, 0.25) is 0 Å². The van der Waals surface area contributed by atoms with Gasteiger partial charge in [-0.3, -0.25) is 9.54 Å². The minimum atomic E-state index is -3.72. The second-order valence-electron chi connectivity index (χ2n) is 3.49. The van der Waals surface area contributed by atoms with Crippen LogP contribution < -0.4 is 0 Å². The Labute approximate surface area is 91.1 Å². The van der Waals surface area contributed by atoms with Crippen LogP contribution in [0.15, 0.2) is 30.6 Å². The van der Waals surface area contributed by atoms with Crippen LogP contribution >= 0.6 is 0 Å². The summed E-state index contributed by atoms with van der Waals surface area (Å²) in [5.41, 5.74) is 0. The number of hydrogen-bond acceptors (Lipinski definition) is 3. The molecule has 1 heterocycles. The van der Waals surface area contributed by atoms with Gasteiger partial charge in [-0.15, -0.1) is 0 Å². The summed E-state index contributed by atoms with van der Waals surface area (Å²) < 4.78 is 28.4. The van der Waals surface area contributed by atoms with Crippen LogP contribution in [0.25, 0.3) is 0 Å². The number of rotatable bonds is 3. The highest BCUT2D eigenvalue weighted by Gasteiger charge is 2.04. The van der Waals surface area contributed by atoms with Crippen molar-refractivity contribution in [3.05, 3.63) is 30.6 Å². The lowest BCUT2D eigenvalue weighted by Gasteiger charge is -1.99. The molecule has 1 rings (SSSR count). The fraction of sp³-hybridized carbons (Fsp3) is 0.500. The lowest BCUT2D eigenvalue weighted by atomic mass is 10.2. The normalized spacial score (nSPS) is 10.7. The number of aromatic nitrogens is 1. The van der Waals surface area contributed by atoms with Crippen LogP contribution in [0.3, 0.4) is 0 Å². The van der Waals surface area contributed by atoms with Gasteiger partial charge in [0.25, 0.3) is 10.1 Å². The first-order chi connectivity index (χ1) is 6.92. The van der Waals surface area contributed by atoms with Crippen molar-refractivity contribution >= 4 is 10.1 Å². The van der Waals surface area contributed by atoms with E-state index >= 15 is 0 Å². The molecule has 0 radical (unpaired) electrons. The van der Waals surface area contributed by atoms with E-state index in [0.29, 0.717) is 12.3 Å². The Balaban J connectivity index is 0.000000280. The summed E-state index contributed by atoms with van der Waals surface area (Å²) in [7, 11) is -3.72. The molecule has 0 amide bonds. The fourth-order valence-corrected chi connectivity index (χ4v) is 1.47. The Bertz CT molecular complexity index is 308. The highest BCUT2D eigenvalue weighted by Crippen LogP contribution is 2.00. The molecular weight excluding hydrogens is 214 g/mol. The molecule has 0 aliphatic carbocycles. The molecule has 0 fully saturated rings. The van der Waals surface area contributed by atoms with E-state index in [0.717, 1.165) is 0 Å². The Morgan fingerprint density at radius 1 is 1.20 bits per heavy atom. The van der Waals surface area contributed by atoms with Crippen LogP contribution in [0.1, 0.15) is 20.3 Å². The van der Waals surface area contributed by atoms with Crippen LogP contribution in [-0.4, -0.2) is 23.7 Å². The van der Waals surface area contributed by atoms with Crippen molar-refractivity contribution in [2.45, 2.75) is 20.3 Å². The molecule has 0 spiro atoms. The molecule has 15 heavy (non-hydrogen) atoms. The molecular formula is C10H17NO3S. The smallest absolute Gasteiger partial charge is 0.264 e. The molecule has 0 unspecified atom stereocenters. The van der Waals surface area contributed by atoms with Crippen molar-refractivity contribution in [3.8, 4) is 0 Å². The number of hydrogen-bond donors (Lipinski definition) is 1. The average molecular weight is 231 g/mol. The summed E-state index contributed by atoms with van der Waals surface area (Å²) in [6, 6.07) is 5.72. The van der Waals surface area contributed by atoms with Crippen LogP contribution in [0.5, 0.6) is 0 Å². The van der Waals surface area contributed by atoms with Crippen LogP contribution in [-0.2, 0) is 10.1 Å². The third-order valence-corrected chi connectivity index (χ3v) is 2.27. The van der Waals surface area contributed by atoms with Crippen molar-refractivity contribution in [3.63, 3.8) is 0 Å². The molecule has 0 saturated heterocycles. The zero-order valence-corrected chi connectivity index (χ0v) is 9.81. The Morgan fingerprint density at radius 2 is 1.73 bits per heavy atom. The van der Waals surface area contributed by atoms with Crippen LogP contribution in [0, 0.1) is 5.92 Å². The summed E-state index contributed by atoms with van der Waals surface area (Å²) in [5, 5.41) is 0. The van der Waals surface area contributed by atoms with Gasteiger partial charge in [0.2, 0.25) is 0 Å². The standard InChI is InChI=1S/C5H5N.C5H12O3S/c1-2-4-6-5-3-1;1-5(2)3-4-9(6,7)8/h1-5H;5H,3-4H2,1-2H3,(H,6,7,8). The monoisotopic (exact) mass is 231 g/mol. The maximum atomic E-state index is 10.1. The van der Waals surface area contributed by atoms with Gasteiger partial charge in [-0.25, -0.2) is 0 Å². The lowest BCUT2D eigenvalue weighted by Crippen LogP contribution is -2.06. The van der Waals surface area contributed by atoms with Gasteiger partial charge < -0.3 is 0 Å². The van der Waals surface area contributed by atoms with E-state index < -0.39 is 10.1 Å². The first-order valence-corrected chi connectivity index (χ1v) is 6.33. The van der Waals surface area contributed by atoms with Crippen molar-refractivity contribution in [2.24, 2.45) is 5.92 Å². The molecule has 0 atom stereocenters. The highest BCUT2D eigenvalue weighted by molar-refractivity contribution is 7.85. The van der Waals surface area contributed by atoms with Crippen molar-refractivity contribution < 1.29 is 13.0 Å². The maximum Gasteiger partial charge on any atom is 0.264 e. The largest absolute Gasteiger partial charge is 0.286 e. The van der Waals surface area contributed by atoms with E-state index in [9.17, 15) is 8.42 Å². The Hall–Kier alpha value is -0.940. The molecule has 1 aromatic heterocycles. The maximum absolute atomic E-state index is 10.1. The lowest BCUT2D eigenvalue weighted by molar-refractivity contribution is 0.474. The fourth-order valence-electron chi connectivity index (χ4n) is 0.697. The molecule has 0 bridgehead atoms. The minimum Gasteiger partial charge on any atom is -0.286 e. The molecule has 1 aromatic rings. The van der Waals surface area contributed by atoms with Gasteiger partial charge in [-0.2, -0.15) is 8.42 Å². The van der Waals surface area contributed by atoms with E-state index in [1.807, 2.05) is 32.0 Å². The molecule has 86 valence electrons. The van der Waals surface area contributed by atoms with Gasteiger partial charge in [0.15, 0.2) is 0 Å². The van der Waals surface area contributed by atoms with E-state index in [1.165, 1.54) is 0 Å². The first kappa shape index (κ1) is 14.1. The third kappa shape index (κ3) is 13.1. The zero-order valence-electron chi connectivity index (χ0n) is 9.00. The van der Waals surface area contributed by atoms with E-state index in [1.54, 1.807) is 12.4 Å². The predicted molar refractivity (Wildman–Crippen MR) is 60.1 cm³/mol. The van der Waals surface area contributed by atoms with Crippen LogP contribution in [0.4, 0.5) is 0 Å². The molecule has 1 N–H and O–H groups in total. The van der Waals surface area contributed by atoms with Gasteiger partial charge in [0, 0.05) is 12.4 Å². The molecule has 5 heteroatoms. The molecule has 4 nitrogen and oxygen atoms in total. The van der Waals surface area contributed by atoms with Gasteiger partial charge in [0.05, 0.1) is 5.75 Å². The predicted octanol–water partition coefficient (Wildman–Crippen LogP) is 2.00. The Morgan fingerprint density at radius 3 is 1.87 bits per heavy atom. The van der Waals surface area contributed by atoms with Crippen molar-refractivity contribution in [2.75, 3.05) is 5.75 Å². The first-order valence-electron chi connectivity index (χ1n) is 4.72. The Kier molecular flexibility index (Phi) is 6.90. The molecule has 0 saturated carbocycles. The second-order valence-corrected chi connectivity index (χ2v) is 5.07. The average Bonchev–Trinajstić information content (AvgIpc) is 2.18.